The molecular weight excluding hydrogens is 248 g/mol. The van der Waals surface area contributed by atoms with Gasteiger partial charge in [-0.25, -0.2) is 0 Å². The third kappa shape index (κ3) is 2.51. The first-order valence-electron chi connectivity index (χ1n) is 6.76. The molecule has 0 saturated carbocycles. The van der Waals surface area contributed by atoms with Crippen molar-refractivity contribution in [2.24, 2.45) is 5.73 Å². The first-order chi connectivity index (χ1) is 9.21. The van der Waals surface area contributed by atoms with Crippen molar-refractivity contribution in [2.45, 2.75) is 25.0 Å². The lowest BCUT2D eigenvalue weighted by Gasteiger charge is -2.30. The molecule has 0 aliphatic carbocycles. The average Bonchev–Trinajstić information content (AvgIpc) is 3.08. The van der Waals surface area contributed by atoms with Gasteiger partial charge >= 0.3 is 0 Å². The van der Waals surface area contributed by atoms with E-state index in [-0.39, 0.29) is 6.10 Å². The van der Waals surface area contributed by atoms with E-state index in [1.54, 1.807) is 0 Å². The number of nitrogens with two attached hydrogens (primary N) is 1. The number of hydrogen-bond acceptors (Lipinski definition) is 7. The van der Waals surface area contributed by atoms with E-state index in [1.165, 1.54) is 0 Å². The van der Waals surface area contributed by atoms with Crippen LogP contribution in [0.5, 0.6) is 0 Å². The van der Waals surface area contributed by atoms with Crippen LogP contribution in [0.2, 0.25) is 0 Å². The molecule has 0 aromatic carbocycles. The zero-order valence-corrected chi connectivity index (χ0v) is 11.2. The highest BCUT2D eigenvalue weighted by Crippen LogP contribution is 2.28. The minimum atomic E-state index is -0.635. The predicted octanol–water partition coefficient (Wildman–Crippen LogP) is 0.0371. The van der Waals surface area contributed by atoms with Gasteiger partial charge in [0.2, 0.25) is 11.7 Å². The molecule has 1 aromatic heterocycles. The van der Waals surface area contributed by atoms with Gasteiger partial charge in [-0.2, -0.15) is 4.98 Å². The first-order valence-corrected chi connectivity index (χ1v) is 6.76. The maximum Gasteiger partial charge on any atom is 0.249 e. The molecule has 0 bridgehead atoms. The minimum absolute atomic E-state index is 0.128. The number of hydrogen-bond donors (Lipinski definition) is 1. The summed E-state index contributed by atoms with van der Waals surface area (Å²) < 4.78 is 16.3. The molecule has 1 aromatic rings. The third-order valence-electron chi connectivity index (χ3n) is 3.81. The van der Waals surface area contributed by atoms with Crippen molar-refractivity contribution in [3.05, 3.63) is 11.7 Å². The van der Waals surface area contributed by atoms with E-state index in [1.807, 2.05) is 0 Å². The number of rotatable bonds is 3. The Morgan fingerprint density at radius 3 is 3.11 bits per heavy atom. The second-order valence-corrected chi connectivity index (χ2v) is 5.17. The molecule has 7 heteroatoms. The fraction of sp³-hybridized carbons (Fsp3) is 0.833. The molecule has 3 rings (SSSR count). The van der Waals surface area contributed by atoms with Gasteiger partial charge in [0, 0.05) is 19.7 Å². The Kier molecular flexibility index (Phi) is 3.53. The zero-order chi connectivity index (χ0) is 13.3. The predicted molar refractivity (Wildman–Crippen MR) is 66.4 cm³/mol. The van der Waals surface area contributed by atoms with Gasteiger partial charge in [0.15, 0.2) is 0 Å². The van der Waals surface area contributed by atoms with Crippen LogP contribution in [0.25, 0.3) is 0 Å². The Morgan fingerprint density at radius 1 is 1.47 bits per heavy atom. The van der Waals surface area contributed by atoms with Crippen LogP contribution in [0.15, 0.2) is 4.52 Å². The summed E-state index contributed by atoms with van der Waals surface area (Å²) in [6.45, 7) is 6.64. The number of likely N-dealkylation sites (N-methyl/N-ethyl adjacent to an activating group) is 1. The van der Waals surface area contributed by atoms with E-state index in [4.69, 9.17) is 19.7 Å². The van der Waals surface area contributed by atoms with Crippen molar-refractivity contribution in [2.75, 3.05) is 39.5 Å². The Morgan fingerprint density at radius 2 is 2.37 bits per heavy atom. The molecule has 2 saturated heterocycles. The summed E-state index contributed by atoms with van der Waals surface area (Å²) in [5.74, 6) is 1.04. The zero-order valence-electron chi connectivity index (χ0n) is 11.2. The van der Waals surface area contributed by atoms with Crippen molar-refractivity contribution < 1.29 is 14.0 Å². The normalized spacial score (nSPS) is 32.8. The van der Waals surface area contributed by atoms with Gasteiger partial charge in [-0.3, -0.25) is 4.90 Å². The van der Waals surface area contributed by atoms with Gasteiger partial charge in [-0.15, -0.1) is 0 Å². The lowest BCUT2D eigenvalue weighted by molar-refractivity contribution is -0.0334. The number of morpholine rings is 1. The van der Waals surface area contributed by atoms with E-state index in [0.29, 0.717) is 38.0 Å². The highest BCUT2D eigenvalue weighted by atomic mass is 16.5. The molecule has 7 nitrogen and oxygen atoms in total. The second kappa shape index (κ2) is 5.16. The van der Waals surface area contributed by atoms with Crippen LogP contribution >= 0.6 is 0 Å². The topological polar surface area (TPSA) is 86.6 Å². The largest absolute Gasteiger partial charge is 0.379 e. The highest BCUT2D eigenvalue weighted by molar-refractivity contribution is 5.06. The summed E-state index contributed by atoms with van der Waals surface area (Å²) in [6, 6.07) is 0. The summed E-state index contributed by atoms with van der Waals surface area (Å²) in [7, 11) is 0. The molecule has 2 N–H and O–H groups in total. The van der Waals surface area contributed by atoms with Crippen LogP contribution in [0.4, 0.5) is 0 Å². The van der Waals surface area contributed by atoms with Crippen molar-refractivity contribution in [1.29, 1.82) is 0 Å². The van der Waals surface area contributed by atoms with Crippen molar-refractivity contribution in [3.8, 4) is 0 Å². The smallest absolute Gasteiger partial charge is 0.249 e. The fourth-order valence-electron chi connectivity index (χ4n) is 2.46. The molecule has 2 aliphatic rings. The van der Waals surface area contributed by atoms with Crippen LogP contribution in [0.3, 0.4) is 0 Å². The molecule has 2 aliphatic heterocycles. The molecule has 2 atom stereocenters. The molecule has 0 amide bonds. The molecule has 3 heterocycles. The van der Waals surface area contributed by atoms with Crippen molar-refractivity contribution in [3.63, 3.8) is 0 Å². The minimum Gasteiger partial charge on any atom is -0.379 e. The van der Waals surface area contributed by atoms with Gasteiger partial charge in [0.1, 0.15) is 11.6 Å². The fourth-order valence-corrected chi connectivity index (χ4v) is 2.46. The maximum absolute atomic E-state index is 6.20. The van der Waals surface area contributed by atoms with Crippen LogP contribution in [0, 0.1) is 0 Å². The molecular formula is C12H20N4O3. The van der Waals surface area contributed by atoms with Crippen molar-refractivity contribution in [1.82, 2.24) is 15.0 Å². The standard InChI is InChI=1S/C12H20N4O3/c1-2-16-4-6-18-9(7-16)10-14-11(19-15-10)12(13)3-5-17-8-12/h9H,2-8,13H2,1H3. The number of aromatic nitrogens is 2. The highest BCUT2D eigenvalue weighted by Gasteiger charge is 2.39. The summed E-state index contributed by atoms with van der Waals surface area (Å²) in [6.07, 6.45) is 0.582. The maximum atomic E-state index is 6.20. The van der Waals surface area contributed by atoms with Gasteiger partial charge in [-0.1, -0.05) is 12.1 Å². The summed E-state index contributed by atoms with van der Waals surface area (Å²) in [5.41, 5.74) is 5.57. The van der Waals surface area contributed by atoms with E-state index in [0.717, 1.165) is 19.6 Å². The summed E-state index contributed by atoms with van der Waals surface area (Å²) >= 11 is 0. The molecule has 0 spiro atoms. The Labute approximate surface area is 112 Å². The van der Waals surface area contributed by atoms with E-state index in [2.05, 4.69) is 22.0 Å². The third-order valence-corrected chi connectivity index (χ3v) is 3.81. The summed E-state index contributed by atoms with van der Waals surface area (Å²) in [5, 5.41) is 4.03. The summed E-state index contributed by atoms with van der Waals surface area (Å²) in [4.78, 5) is 6.73. The van der Waals surface area contributed by atoms with Crippen LogP contribution in [0.1, 0.15) is 31.2 Å². The molecule has 2 fully saturated rings. The lowest BCUT2D eigenvalue weighted by atomic mass is 10.0. The first kappa shape index (κ1) is 13.0. The molecule has 19 heavy (non-hydrogen) atoms. The molecule has 0 radical (unpaired) electrons. The van der Waals surface area contributed by atoms with Gasteiger partial charge < -0.3 is 19.7 Å². The number of ether oxygens (including phenoxy) is 2. The Balaban J connectivity index is 1.74. The van der Waals surface area contributed by atoms with Crippen LogP contribution in [-0.2, 0) is 15.0 Å². The monoisotopic (exact) mass is 268 g/mol. The Hall–Kier alpha value is -1.02. The average molecular weight is 268 g/mol. The van der Waals surface area contributed by atoms with Gasteiger partial charge in [-0.05, 0) is 13.0 Å². The quantitative estimate of drug-likeness (QED) is 0.828. The van der Waals surface area contributed by atoms with Gasteiger partial charge in [0.05, 0.1) is 13.2 Å². The lowest BCUT2D eigenvalue weighted by Crippen LogP contribution is -2.39. The van der Waals surface area contributed by atoms with Gasteiger partial charge in [0.25, 0.3) is 0 Å². The molecule has 2 unspecified atom stereocenters. The van der Waals surface area contributed by atoms with E-state index < -0.39 is 5.54 Å². The van der Waals surface area contributed by atoms with Crippen molar-refractivity contribution >= 4 is 0 Å². The second-order valence-electron chi connectivity index (χ2n) is 5.17. The van der Waals surface area contributed by atoms with Crippen LogP contribution in [-0.4, -0.2) is 54.5 Å². The SMILES string of the molecule is CCN1CCOC(c2noc(C3(N)CCOC3)n2)C1. The number of nitrogens with zero attached hydrogens (tertiary/aromatic N) is 3. The van der Waals surface area contributed by atoms with Crippen LogP contribution < -0.4 is 5.73 Å². The molecule has 106 valence electrons. The van der Waals surface area contributed by atoms with E-state index >= 15 is 0 Å². The Bertz CT molecular complexity index is 430. The van der Waals surface area contributed by atoms with E-state index in [9.17, 15) is 0 Å².